The number of benzene rings is 1. The number of rotatable bonds is 5. The zero-order chi connectivity index (χ0) is 13.0. The van der Waals surface area contributed by atoms with Crippen molar-refractivity contribution in [2.45, 2.75) is 32.7 Å². The van der Waals surface area contributed by atoms with Crippen LogP contribution in [0, 0.1) is 0 Å². The minimum absolute atomic E-state index is 0.351. The maximum Gasteiger partial charge on any atom is 0.205 e. The minimum Gasteiger partial charge on any atom is -0.357 e. The second kappa shape index (κ2) is 6.29. The molecule has 0 saturated carbocycles. The number of aromatic nitrogens is 2. The number of nitrogens with zero attached hydrogens (tertiary/aromatic N) is 2. The summed E-state index contributed by atoms with van der Waals surface area (Å²) in [5, 5.41) is 13.6. The largest absolute Gasteiger partial charge is 0.357 e. The molecule has 18 heavy (non-hydrogen) atoms. The van der Waals surface area contributed by atoms with Crippen molar-refractivity contribution in [3.8, 4) is 0 Å². The van der Waals surface area contributed by atoms with E-state index in [1.54, 1.807) is 11.3 Å². The van der Waals surface area contributed by atoms with Gasteiger partial charge in [0.05, 0.1) is 0 Å². The van der Waals surface area contributed by atoms with Gasteiger partial charge in [0, 0.05) is 10.5 Å². The van der Waals surface area contributed by atoms with Gasteiger partial charge in [0.1, 0.15) is 5.01 Å². The topological polar surface area (TPSA) is 37.8 Å². The van der Waals surface area contributed by atoms with Crippen LogP contribution in [-0.4, -0.2) is 16.2 Å². The molecule has 0 amide bonds. The summed E-state index contributed by atoms with van der Waals surface area (Å²) in [5.41, 5.74) is 1.32. The Labute approximate surface area is 120 Å². The third-order valence-corrected chi connectivity index (χ3v) is 4.12. The predicted molar refractivity (Wildman–Crippen MR) is 80.2 cm³/mol. The maximum absolute atomic E-state index is 4.13. The van der Waals surface area contributed by atoms with Gasteiger partial charge in [-0.1, -0.05) is 46.3 Å². The average Bonchev–Trinajstić information content (AvgIpc) is 2.79. The molecule has 0 fully saturated rings. The van der Waals surface area contributed by atoms with E-state index in [0.29, 0.717) is 6.04 Å². The van der Waals surface area contributed by atoms with Crippen LogP contribution >= 0.6 is 27.3 Å². The molecule has 1 aromatic heterocycles. The summed E-state index contributed by atoms with van der Waals surface area (Å²) in [6, 6.07) is 8.77. The molecule has 0 saturated heterocycles. The van der Waals surface area contributed by atoms with Gasteiger partial charge in [0.2, 0.25) is 5.13 Å². The first kappa shape index (κ1) is 13.5. The number of anilines is 1. The van der Waals surface area contributed by atoms with E-state index in [1.807, 2.05) is 0 Å². The zero-order valence-corrected chi connectivity index (χ0v) is 12.9. The first-order valence-electron chi connectivity index (χ1n) is 6.00. The van der Waals surface area contributed by atoms with Crippen molar-refractivity contribution in [1.29, 1.82) is 0 Å². The summed E-state index contributed by atoms with van der Waals surface area (Å²) in [4.78, 5) is 0. The molecule has 1 aromatic carbocycles. The van der Waals surface area contributed by atoms with Gasteiger partial charge in [-0.3, -0.25) is 0 Å². The Morgan fingerprint density at radius 3 is 2.61 bits per heavy atom. The fourth-order valence-electron chi connectivity index (χ4n) is 1.69. The molecule has 5 heteroatoms. The van der Waals surface area contributed by atoms with Crippen molar-refractivity contribution in [2.75, 3.05) is 5.32 Å². The van der Waals surface area contributed by atoms with Crippen LogP contribution in [0.3, 0.4) is 0 Å². The van der Waals surface area contributed by atoms with E-state index in [1.165, 1.54) is 5.56 Å². The Bertz CT molecular complexity index is 495. The number of halogens is 1. The molecule has 1 N–H and O–H groups in total. The molecule has 0 aliphatic rings. The molecular weight excluding hydrogens is 310 g/mol. The number of hydrogen-bond acceptors (Lipinski definition) is 4. The van der Waals surface area contributed by atoms with Crippen molar-refractivity contribution < 1.29 is 0 Å². The molecule has 2 aromatic rings. The van der Waals surface area contributed by atoms with E-state index in [-0.39, 0.29) is 0 Å². The third-order valence-electron chi connectivity index (χ3n) is 2.59. The summed E-state index contributed by atoms with van der Waals surface area (Å²) in [6.07, 6.45) is 1.93. The number of nitrogens with one attached hydrogen (secondary N) is 1. The molecule has 0 aliphatic heterocycles. The van der Waals surface area contributed by atoms with Gasteiger partial charge in [-0.25, -0.2) is 0 Å². The van der Waals surface area contributed by atoms with Gasteiger partial charge in [0.25, 0.3) is 0 Å². The molecule has 1 atom stereocenters. The predicted octanol–water partition coefficient (Wildman–Crippen LogP) is 3.91. The Kier molecular flexibility index (Phi) is 4.72. The summed E-state index contributed by atoms with van der Waals surface area (Å²) < 4.78 is 1.11. The van der Waals surface area contributed by atoms with Gasteiger partial charge in [-0.2, -0.15) is 0 Å². The molecule has 2 rings (SSSR count). The average molecular weight is 326 g/mol. The lowest BCUT2D eigenvalue weighted by atomic mass is 10.1. The quantitative estimate of drug-likeness (QED) is 0.905. The maximum atomic E-state index is 4.13. The van der Waals surface area contributed by atoms with E-state index in [9.17, 15) is 0 Å². The van der Waals surface area contributed by atoms with E-state index < -0.39 is 0 Å². The monoisotopic (exact) mass is 325 g/mol. The fraction of sp³-hybridized carbons (Fsp3) is 0.385. The highest BCUT2D eigenvalue weighted by Gasteiger charge is 2.07. The van der Waals surface area contributed by atoms with Gasteiger partial charge < -0.3 is 5.32 Å². The molecule has 96 valence electrons. The van der Waals surface area contributed by atoms with Gasteiger partial charge in [0.15, 0.2) is 0 Å². The first-order chi connectivity index (χ1) is 8.67. The van der Waals surface area contributed by atoms with Crippen molar-refractivity contribution in [2.24, 2.45) is 0 Å². The Morgan fingerprint density at radius 1 is 1.28 bits per heavy atom. The minimum atomic E-state index is 0.351. The van der Waals surface area contributed by atoms with E-state index in [4.69, 9.17) is 0 Å². The molecule has 1 heterocycles. The van der Waals surface area contributed by atoms with Gasteiger partial charge >= 0.3 is 0 Å². The SMILES string of the molecule is CCc1nnc(NC(C)Cc2ccc(Br)cc2)s1. The van der Waals surface area contributed by atoms with Crippen LogP contribution in [0.4, 0.5) is 5.13 Å². The van der Waals surface area contributed by atoms with Gasteiger partial charge in [-0.15, -0.1) is 10.2 Å². The fourth-order valence-corrected chi connectivity index (χ4v) is 2.75. The van der Waals surface area contributed by atoms with Crippen LogP contribution in [0.25, 0.3) is 0 Å². The lowest BCUT2D eigenvalue weighted by Crippen LogP contribution is -2.17. The number of aryl methyl sites for hydroxylation is 1. The highest BCUT2D eigenvalue weighted by atomic mass is 79.9. The highest BCUT2D eigenvalue weighted by molar-refractivity contribution is 9.10. The Balaban J connectivity index is 1.91. The van der Waals surface area contributed by atoms with Crippen LogP contribution in [-0.2, 0) is 12.8 Å². The molecule has 0 bridgehead atoms. The van der Waals surface area contributed by atoms with Crippen LogP contribution in [0.2, 0.25) is 0 Å². The summed E-state index contributed by atoms with van der Waals surface area (Å²) in [6.45, 7) is 4.25. The third kappa shape index (κ3) is 3.78. The van der Waals surface area contributed by atoms with Crippen LogP contribution in [0.1, 0.15) is 24.4 Å². The van der Waals surface area contributed by atoms with Crippen molar-refractivity contribution in [3.63, 3.8) is 0 Å². The van der Waals surface area contributed by atoms with Crippen LogP contribution in [0.15, 0.2) is 28.7 Å². The molecular formula is C13H16BrN3S. The summed E-state index contributed by atoms with van der Waals surface area (Å²) in [7, 11) is 0. The van der Waals surface area contributed by atoms with E-state index in [2.05, 4.69) is 69.6 Å². The smallest absolute Gasteiger partial charge is 0.205 e. The second-order valence-corrected chi connectivity index (χ2v) is 6.21. The summed E-state index contributed by atoms with van der Waals surface area (Å²) in [5.74, 6) is 0. The van der Waals surface area contributed by atoms with Crippen LogP contribution in [0.5, 0.6) is 0 Å². The van der Waals surface area contributed by atoms with Crippen molar-refractivity contribution >= 4 is 32.4 Å². The van der Waals surface area contributed by atoms with Crippen LogP contribution < -0.4 is 5.32 Å². The Hall–Kier alpha value is -0.940. The number of hydrogen-bond donors (Lipinski definition) is 1. The normalized spacial score (nSPS) is 12.4. The highest BCUT2D eigenvalue weighted by Crippen LogP contribution is 2.18. The standard InChI is InChI=1S/C13H16BrN3S/c1-3-12-16-17-13(18-12)15-9(2)8-10-4-6-11(14)7-5-10/h4-7,9H,3,8H2,1-2H3,(H,15,17). The molecule has 3 nitrogen and oxygen atoms in total. The molecule has 0 spiro atoms. The lowest BCUT2D eigenvalue weighted by molar-refractivity contribution is 0.784. The van der Waals surface area contributed by atoms with Gasteiger partial charge in [-0.05, 0) is 37.5 Å². The first-order valence-corrected chi connectivity index (χ1v) is 7.61. The molecule has 0 radical (unpaired) electrons. The van der Waals surface area contributed by atoms with Crippen molar-refractivity contribution in [3.05, 3.63) is 39.3 Å². The molecule has 0 aliphatic carbocycles. The summed E-state index contributed by atoms with van der Waals surface area (Å²) >= 11 is 5.08. The molecule has 1 unspecified atom stereocenters. The van der Waals surface area contributed by atoms with Crippen molar-refractivity contribution in [1.82, 2.24) is 10.2 Å². The second-order valence-electron chi connectivity index (χ2n) is 4.23. The van der Waals surface area contributed by atoms with E-state index in [0.717, 1.165) is 27.5 Å². The zero-order valence-electron chi connectivity index (χ0n) is 10.5. The lowest BCUT2D eigenvalue weighted by Gasteiger charge is -2.12. The Morgan fingerprint density at radius 2 is 2.00 bits per heavy atom. The van der Waals surface area contributed by atoms with E-state index >= 15 is 0 Å².